The van der Waals surface area contributed by atoms with Crippen LogP contribution >= 0.6 is 11.8 Å². The number of hydrogen-bond donors (Lipinski definition) is 1. The average molecular weight is 430 g/mol. The lowest BCUT2D eigenvalue weighted by Crippen LogP contribution is -2.39. The molecule has 4 rings (SSSR count). The minimum atomic E-state index is -0.162. The molecule has 0 saturated carbocycles. The second kappa shape index (κ2) is 10.2. The van der Waals surface area contributed by atoms with Gasteiger partial charge in [0.15, 0.2) is 0 Å². The van der Waals surface area contributed by atoms with Crippen molar-refractivity contribution in [1.29, 1.82) is 0 Å². The maximum atomic E-state index is 12.3. The fourth-order valence-electron chi connectivity index (χ4n) is 3.67. The van der Waals surface area contributed by atoms with Gasteiger partial charge < -0.3 is 15.0 Å². The third-order valence-electron chi connectivity index (χ3n) is 5.32. The summed E-state index contributed by atoms with van der Waals surface area (Å²) in [4.78, 5) is 37.9. The van der Waals surface area contributed by atoms with Crippen LogP contribution < -0.4 is 5.32 Å². The molecule has 1 aromatic carbocycles. The zero-order valence-corrected chi connectivity index (χ0v) is 17.8. The summed E-state index contributed by atoms with van der Waals surface area (Å²) in [5.41, 5.74) is 0.878. The molecule has 0 unspecified atom stereocenters. The van der Waals surface area contributed by atoms with Crippen molar-refractivity contribution in [2.75, 3.05) is 51.7 Å². The van der Waals surface area contributed by atoms with Gasteiger partial charge in [-0.1, -0.05) is 30.0 Å². The first-order valence-electron chi connectivity index (χ1n) is 10.4. The van der Waals surface area contributed by atoms with E-state index in [4.69, 9.17) is 14.7 Å². The summed E-state index contributed by atoms with van der Waals surface area (Å²) in [7, 11) is 0. The van der Waals surface area contributed by atoms with Gasteiger partial charge in [-0.2, -0.15) is 0 Å². The summed E-state index contributed by atoms with van der Waals surface area (Å²) in [6.07, 6.45) is 2.09. The Morgan fingerprint density at radius 2 is 1.83 bits per heavy atom. The number of hydrogen-bond acceptors (Lipinski definition) is 7. The van der Waals surface area contributed by atoms with E-state index >= 15 is 0 Å². The van der Waals surface area contributed by atoms with E-state index in [1.54, 1.807) is 0 Å². The van der Waals surface area contributed by atoms with Gasteiger partial charge in [-0.05, 0) is 18.9 Å². The SMILES string of the molecule is O=C(CSc1nc(CN2CCOCC2)nc2ccccc12)NCC(=O)N1CCCC1. The number of amides is 2. The van der Waals surface area contributed by atoms with Crippen molar-refractivity contribution in [3.63, 3.8) is 0 Å². The molecule has 2 fully saturated rings. The van der Waals surface area contributed by atoms with Crippen molar-refractivity contribution in [2.24, 2.45) is 0 Å². The molecule has 2 aliphatic heterocycles. The summed E-state index contributed by atoms with van der Waals surface area (Å²) in [6, 6.07) is 7.86. The summed E-state index contributed by atoms with van der Waals surface area (Å²) < 4.78 is 5.41. The highest BCUT2D eigenvalue weighted by atomic mass is 32.2. The summed E-state index contributed by atoms with van der Waals surface area (Å²) >= 11 is 1.39. The van der Waals surface area contributed by atoms with Crippen molar-refractivity contribution in [2.45, 2.75) is 24.4 Å². The second-order valence-electron chi connectivity index (χ2n) is 7.50. The number of nitrogens with zero attached hydrogens (tertiary/aromatic N) is 4. The van der Waals surface area contributed by atoms with E-state index in [0.717, 1.165) is 74.0 Å². The molecule has 30 heavy (non-hydrogen) atoms. The number of ether oxygens (including phenoxy) is 1. The van der Waals surface area contributed by atoms with Gasteiger partial charge in [0.1, 0.15) is 10.9 Å². The zero-order valence-electron chi connectivity index (χ0n) is 17.0. The van der Waals surface area contributed by atoms with Gasteiger partial charge in [-0.25, -0.2) is 9.97 Å². The molecule has 0 radical (unpaired) electrons. The van der Waals surface area contributed by atoms with Gasteiger partial charge >= 0.3 is 0 Å². The lowest BCUT2D eigenvalue weighted by molar-refractivity contribution is -0.131. The Morgan fingerprint density at radius 1 is 1.07 bits per heavy atom. The molecule has 2 aromatic rings. The maximum Gasteiger partial charge on any atom is 0.241 e. The van der Waals surface area contributed by atoms with Gasteiger partial charge in [-0.3, -0.25) is 14.5 Å². The maximum absolute atomic E-state index is 12.3. The molecule has 0 bridgehead atoms. The van der Waals surface area contributed by atoms with Gasteiger partial charge in [0.25, 0.3) is 0 Å². The fraction of sp³-hybridized carbons (Fsp3) is 0.524. The Morgan fingerprint density at radius 3 is 2.63 bits per heavy atom. The number of carbonyl (C=O) groups excluding carboxylic acids is 2. The van der Waals surface area contributed by atoms with Crippen LogP contribution in [0, 0.1) is 0 Å². The average Bonchev–Trinajstić information content (AvgIpc) is 3.31. The van der Waals surface area contributed by atoms with E-state index in [2.05, 4.69) is 10.2 Å². The van der Waals surface area contributed by atoms with Crippen LogP contribution in [0.25, 0.3) is 10.9 Å². The predicted molar refractivity (Wildman–Crippen MR) is 115 cm³/mol. The molecular formula is C21H27N5O3S. The van der Waals surface area contributed by atoms with E-state index in [1.807, 2.05) is 29.2 Å². The number of rotatable bonds is 7. The number of carbonyl (C=O) groups is 2. The van der Waals surface area contributed by atoms with Gasteiger partial charge in [0, 0.05) is 31.6 Å². The quantitative estimate of drug-likeness (QED) is 0.524. The van der Waals surface area contributed by atoms with Gasteiger partial charge in [-0.15, -0.1) is 0 Å². The first-order valence-corrected chi connectivity index (χ1v) is 11.4. The molecule has 160 valence electrons. The minimum Gasteiger partial charge on any atom is -0.379 e. The van der Waals surface area contributed by atoms with Gasteiger partial charge in [0.2, 0.25) is 11.8 Å². The third kappa shape index (κ3) is 5.47. The molecule has 0 spiro atoms. The van der Waals surface area contributed by atoms with E-state index < -0.39 is 0 Å². The summed E-state index contributed by atoms with van der Waals surface area (Å²) in [6.45, 7) is 5.50. The van der Waals surface area contributed by atoms with Crippen LogP contribution in [-0.4, -0.2) is 83.3 Å². The normalized spacial score (nSPS) is 17.4. The van der Waals surface area contributed by atoms with Crippen LogP contribution in [0.15, 0.2) is 29.3 Å². The van der Waals surface area contributed by atoms with Crippen LogP contribution in [0.4, 0.5) is 0 Å². The second-order valence-corrected chi connectivity index (χ2v) is 8.47. The van der Waals surface area contributed by atoms with Crippen molar-refractivity contribution in [3.05, 3.63) is 30.1 Å². The summed E-state index contributed by atoms with van der Waals surface area (Å²) in [5.74, 6) is 0.796. The van der Waals surface area contributed by atoms with Crippen LogP contribution in [0.3, 0.4) is 0 Å². The third-order valence-corrected chi connectivity index (χ3v) is 6.31. The Kier molecular flexibility index (Phi) is 7.14. The Labute approximate surface area is 180 Å². The topological polar surface area (TPSA) is 87.7 Å². The molecule has 9 heteroatoms. The lowest BCUT2D eigenvalue weighted by Gasteiger charge is -2.25. The molecule has 3 heterocycles. The largest absolute Gasteiger partial charge is 0.379 e. The molecule has 2 saturated heterocycles. The number of para-hydroxylation sites is 1. The molecular weight excluding hydrogens is 402 g/mol. The van der Waals surface area contributed by atoms with E-state index in [9.17, 15) is 9.59 Å². The number of nitrogens with one attached hydrogen (secondary N) is 1. The van der Waals surface area contributed by atoms with Crippen LogP contribution in [0.1, 0.15) is 18.7 Å². The molecule has 8 nitrogen and oxygen atoms in total. The first kappa shape index (κ1) is 21.0. The molecule has 1 N–H and O–H groups in total. The Hall–Kier alpha value is -2.23. The number of morpholine rings is 1. The van der Waals surface area contributed by atoms with Crippen molar-refractivity contribution < 1.29 is 14.3 Å². The highest BCUT2D eigenvalue weighted by Gasteiger charge is 2.19. The van der Waals surface area contributed by atoms with E-state index in [1.165, 1.54) is 11.8 Å². The van der Waals surface area contributed by atoms with Crippen LogP contribution in [0.5, 0.6) is 0 Å². The number of likely N-dealkylation sites (tertiary alicyclic amines) is 1. The van der Waals surface area contributed by atoms with Gasteiger partial charge in [0.05, 0.1) is 37.6 Å². The van der Waals surface area contributed by atoms with Crippen molar-refractivity contribution >= 4 is 34.5 Å². The van der Waals surface area contributed by atoms with Crippen LogP contribution in [-0.2, 0) is 20.9 Å². The number of fused-ring (bicyclic) bond motifs is 1. The monoisotopic (exact) mass is 429 g/mol. The molecule has 2 amide bonds. The first-order chi connectivity index (χ1) is 14.7. The number of benzene rings is 1. The number of aromatic nitrogens is 2. The van der Waals surface area contributed by atoms with E-state index in [0.29, 0.717) is 6.54 Å². The molecule has 0 atom stereocenters. The fourth-order valence-corrected chi connectivity index (χ4v) is 4.54. The summed E-state index contributed by atoms with van der Waals surface area (Å²) in [5, 5.41) is 4.48. The molecule has 0 aliphatic carbocycles. The number of thioether (sulfide) groups is 1. The highest BCUT2D eigenvalue weighted by molar-refractivity contribution is 8.00. The van der Waals surface area contributed by atoms with Crippen LogP contribution in [0.2, 0.25) is 0 Å². The van der Waals surface area contributed by atoms with Crippen molar-refractivity contribution in [1.82, 2.24) is 25.1 Å². The Bertz CT molecular complexity index is 897. The molecule has 1 aromatic heterocycles. The predicted octanol–water partition coefficient (Wildman–Crippen LogP) is 1.29. The van der Waals surface area contributed by atoms with Crippen molar-refractivity contribution in [3.8, 4) is 0 Å². The Balaban J connectivity index is 1.38. The molecule has 2 aliphatic rings. The zero-order chi connectivity index (χ0) is 20.8. The smallest absolute Gasteiger partial charge is 0.241 e. The highest BCUT2D eigenvalue weighted by Crippen LogP contribution is 2.25. The lowest BCUT2D eigenvalue weighted by atomic mass is 10.2. The van der Waals surface area contributed by atoms with E-state index in [-0.39, 0.29) is 24.1 Å². The standard InChI is InChI=1S/C21H27N5O3S/c27-19(22-13-20(28)26-7-3-4-8-26)15-30-21-16-5-1-2-6-17(16)23-18(24-21)14-25-9-11-29-12-10-25/h1-2,5-6H,3-4,7-15H2,(H,22,27). The minimum absolute atomic E-state index is 0.00821.